The summed E-state index contributed by atoms with van der Waals surface area (Å²) in [5.41, 5.74) is 1.78. The molecule has 0 aromatic carbocycles. The summed E-state index contributed by atoms with van der Waals surface area (Å²) in [6, 6.07) is 1.83. The molecule has 2 aromatic rings. The van der Waals surface area contributed by atoms with Crippen LogP contribution in [-0.2, 0) is 6.54 Å². The molecule has 0 saturated carbocycles. The summed E-state index contributed by atoms with van der Waals surface area (Å²) in [5.74, 6) is 1.48. The van der Waals surface area contributed by atoms with Gasteiger partial charge in [0.15, 0.2) is 0 Å². The van der Waals surface area contributed by atoms with Crippen molar-refractivity contribution in [3.8, 4) is 11.5 Å². The number of oxazole rings is 1. The zero-order valence-electron chi connectivity index (χ0n) is 8.20. The summed E-state index contributed by atoms with van der Waals surface area (Å²) < 4.78 is 10.5. The monoisotopic (exact) mass is 192 g/mol. The molecular weight excluding hydrogens is 180 g/mol. The number of rotatable bonds is 3. The summed E-state index contributed by atoms with van der Waals surface area (Å²) >= 11 is 0. The average Bonchev–Trinajstić information content (AvgIpc) is 2.76. The maximum Gasteiger partial charge on any atom is 0.229 e. The Labute approximate surface area is 81.9 Å². The molecule has 74 valence electrons. The second-order valence-electron chi connectivity index (χ2n) is 3.07. The normalized spacial score (nSPS) is 10.7. The van der Waals surface area contributed by atoms with Gasteiger partial charge in [0.1, 0.15) is 12.0 Å². The third-order valence-electron chi connectivity index (χ3n) is 2.00. The minimum atomic E-state index is 0.613. The molecule has 0 spiro atoms. The van der Waals surface area contributed by atoms with E-state index in [4.69, 9.17) is 8.83 Å². The molecule has 2 rings (SSSR count). The lowest BCUT2D eigenvalue weighted by Crippen LogP contribution is -2.04. The lowest BCUT2D eigenvalue weighted by Gasteiger charge is -1.93. The van der Waals surface area contributed by atoms with Crippen molar-refractivity contribution in [3.63, 3.8) is 0 Å². The van der Waals surface area contributed by atoms with Gasteiger partial charge in [-0.2, -0.15) is 0 Å². The van der Waals surface area contributed by atoms with Crippen LogP contribution in [0.2, 0.25) is 0 Å². The molecule has 14 heavy (non-hydrogen) atoms. The van der Waals surface area contributed by atoms with E-state index in [0.717, 1.165) is 17.0 Å². The van der Waals surface area contributed by atoms with E-state index in [2.05, 4.69) is 10.3 Å². The molecule has 0 unspecified atom stereocenters. The molecule has 2 heterocycles. The number of hydrogen-bond donors (Lipinski definition) is 1. The van der Waals surface area contributed by atoms with Crippen LogP contribution in [0.25, 0.3) is 11.5 Å². The summed E-state index contributed by atoms with van der Waals surface area (Å²) in [6.45, 7) is 2.62. The highest BCUT2D eigenvalue weighted by Crippen LogP contribution is 2.21. The van der Waals surface area contributed by atoms with Crippen molar-refractivity contribution in [2.45, 2.75) is 13.5 Å². The van der Waals surface area contributed by atoms with Gasteiger partial charge in [0.05, 0.1) is 24.1 Å². The highest BCUT2D eigenvalue weighted by atomic mass is 16.4. The average molecular weight is 192 g/mol. The number of aromatic nitrogens is 1. The van der Waals surface area contributed by atoms with E-state index < -0.39 is 0 Å². The maximum atomic E-state index is 5.57. The Morgan fingerprint density at radius 2 is 2.36 bits per heavy atom. The Kier molecular flexibility index (Phi) is 2.37. The first-order chi connectivity index (χ1) is 6.81. The lowest BCUT2D eigenvalue weighted by molar-refractivity contribution is 0.499. The predicted octanol–water partition coefficient (Wildman–Crippen LogP) is 1.96. The molecule has 0 amide bonds. The van der Waals surface area contributed by atoms with E-state index >= 15 is 0 Å². The standard InChI is InChI=1S/C10H12N2O2/c1-7-9(5-11-2)14-10(12-7)8-3-4-13-6-8/h3-4,6,11H,5H2,1-2H3. The van der Waals surface area contributed by atoms with Gasteiger partial charge in [0, 0.05) is 0 Å². The van der Waals surface area contributed by atoms with Crippen LogP contribution < -0.4 is 5.32 Å². The Morgan fingerprint density at radius 1 is 1.50 bits per heavy atom. The number of nitrogens with zero attached hydrogens (tertiary/aromatic N) is 1. The van der Waals surface area contributed by atoms with Gasteiger partial charge in [-0.3, -0.25) is 0 Å². The first kappa shape index (κ1) is 9.02. The summed E-state index contributed by atoms with van der Waals surface area (Å²) in [7, 11) is 1.87. The Hall–Kier alpha value is -1.55. The van der Waals surface area contributed by atoms with Crippen molar-refractivity contribution in [2.24, 2.45) is 0 Å². The Bertz CT molecular complexity index is 404. The summed E-state index contributed by atoms with van der Waals surface area (Å²) in [5, 5.41) is 3.03. The fourth-order valence-corrected chi connectivity index (χ4v) is 1.26. The molecule has 0 saturated heterocycles. The van der Waals surface area contributed by atoms with Crippen molar-refractivity contribution >= 4 is 0 Å². The van der Waals surface area contributed by atoms with Gasteiger partial charge < -0.3 is 14.2 Å². The van der Waals surface area contributed by atoms with Crippen molar-refractivity contribution in [1.29, 1.82) is 0 Å². The van der Waals surface area contributed by atoms with Crippen molar-refractivity contribution < 1.29 is 8.83 Å². The van der Waals surface area contributed by atoms with Crippen LogP contribution in [0.5, 0.6) is 0 Å². The molecule has 0 fully saturated rings. The summed E-state index contributed by atoms with van der Waals surface area (Å²) in [6.07, 6.45) is 3.22. The fourth-order valence-electron chi connectivity index (χ4n) is 1.26. The second kappa shape index (κ2) is 3.67. The molecule has 0 aliphatic rings. The van der Waals surface area contributed by atoms with E-state index in [9.17, 15) is 0 Å². The Balaban J connectivity index is 2.33. The van der Waals surface area contributed by atoms with E-state index in [0.29, 0.717) is 12.4 Å². The van der Waals surface area contributed by atoms with Crippen LogP contribution in [0.4, 0.5) is 0 Å². The van der Waals surface area contributed by atoms with Gasteiger partial charge in [-0.05, 0) is 20.0 Å². The van der Waals surface area contributed by atoms with Crippen molar-refractivity contribution in [1.82, 2.24) is 10.3 Å². The van der Waals surface area contributed by atoms with E-state index in [1.807, 2.05) is 20.0 Å². The van der Waals surface area contributed by atoms with Crippen LogP contribution in [0.1, 0.15) is 11.5 Å². The number of nitrogens with one attached hydrogen (secondary N) is 1. The molecule has 0 bridgehead atoms. The zero-order valence-corrected chi connectivity index (χ0v) is 8.20. The van der Waals surface area contributed by atoms with Gasteiger partial charge in [0.25, 0.3) is 0 Å². The molecule has 0 atom stereocenters. The SMILES string of the molecule is CNCc1oc(-c2ccoc2)nc1C. The topological polar surface area (TPSA) is 51.2 Å². The van der Waals surface area contributed by atoms with Crippen molar-refractivity contribution in [2.75, 3.05) is 7.05 Å². The quantitative estimate of drug-likeness (QED) is 0.807. The van der Waals surface area contributed by atoms with Gasteiger partial charge in [-0.1, -0.05) is 0 Å². The number of hydrogen-bond acceptors (Lipinski definition) is 4. The Morgan fingerprint density at radius 3 is 3.00 bits per heavy atom. The molecule has 1 N–H and O–H groups in total. The molecular formula is C10H12N2O2. The second-order valence-corrected chi connectivity index (χ2v) is 3.07. The van der Waals surface area contributed by atoms with Crippen molar-refractivity contribution in [3.05, 3.63) is 30.0 Å². The summed E-state index contributed by atoms with van der Waals surface area (Å²) in [4.78, 5) is 4.31. The fraction of sp³-hybridized carbons (Fsp3) is 0.300. The third kappa shape index (κ3) is 1.56. The molecule has 0 radical (unpaired) electrons. The first-order valence-electron chi connectivity index (χ1n) is 4.44. The van der Waals surface area contributed by atoms with Crippen LogP contribution in [0.3, 0.4) is 0 Å². The van der Waals surface area contributed by atoms with Gasteiger partial charge in [-0.15, -0.1) is 0 Å². The molecule has 2 aromatic heterocycles. The lowest BCUT2D eigenvalue weighted by atomic mass is 10.3. The highest BCUT2D eigenvalue weighted by Gasteiger charge is 2.10. The smallest absolute Gasteiger partial charge is 0.229 e. The van der Waals surface area contributed by atoms with Crippen LogP contribution in [-0.4, -0.2) is 12.0 Å². The minimum Gasteiger partial charge on any atom is -0.472 e. The highest BCUT2D eigenvalue weighted by molar-refractivity contribution is 5.51. The van der Waals surface area contributed by atoms with E-state index in [1.54, 1.807) is 12.5 Å². The largest absolute Gasteiger partial charge is 0.472 e. The van der Waals surface area contributed by atoms with Crippen LogP contribution in [0, 0.1) is 6.92 Å². The number of aryl methyl sites for hydroxylation is 1. The van der Waals surface area contributed by atoms with Crippen LogP contribution >= 0.6 is 0 Å². The third-order valence-corrected chi connectivity index (χ3v) is 2.00. The number of furan rings is 1. The van der Waals surface area contributed by atoms with Crippen LogP contribution in [0.15, 0.2) is 27.4 Å². The molecule has 0 aliphatic heterocycles. The molecule has 4 nitrogen and oxygen atoms in total. The minimum absolute atomic E-state index is 0.613. The maximum absolute atomic E-state index is 5.57. The first-order valence-corrected chi connectivity index (χ1v) is 4.44. The van der Waals surface area contributed by atoms with Gasteiger partial charge in [0.2, 0.25) is 5.89 Å². The van der Waals surface area contributed by atoms with Gasteiger partial charge >= 0.3 is 0 Å². The van der Waals surface area contributed by atoms with Gasteiger partial charge in [-0.25, -0.2) is 4.98 Å². The van der Waals surface area contributed by atoms with E-state index in [1.165, 1.54) is 0 Å². The molecule has 4 heteroatoms. The van der Waals surface area contributed by atoms with E-state index in [-0.39, 0.29) is 0 Å². The zero-order chi connectivity index (χ0) is 9.97. The molecule has 0 aliphatic carbocycles. The predicted molar refractivity (Wildman–Crippen MR) is 51.7 cm³/mol.